The van der Waals surface area contributed by atoms with E-state index in [0.717, 1.165) is 18.7 Å². The lowest BCUT2D eigenvalue weighted by Crippen LogP contribution is -2.12. The molecule has 1 unspecified atom stereocenters. The Labute approximate surface area is 83.5 Å². The molecule has 0 aromatic carbocycles. The molecule has 1 heterocycles. The predicted octanol–water partition coefficient (Wildman–Crippen LogP) is 2.97. The van der Waals surface area contributed by atoms with E-state index in [1.165, 1.54) is 5.56 Å². The fourth-order valence-electron chi connectivity index (χ4n) is 1.16. The van der Waals surface area contributed by atoms with Gasteiger partial charge in [0.15, 0.2) is 0 Å². The molecule has 3 heteroatoms. The van der Waals surface area contributed by atoms with Gasteiger partial charge in [-0.25, -0.2) is 0 Å². The van der Waals surface area contributed by atoms with Crippen LogP contribution in [-0.4, -0.2) is 5.84 Å². The van der Waals surface area contributed by atoms with Crippen LogP contribution < -0.4 is 5.73 Å². The summed E-state index contributed by atoms with van der Waals surface area (Å²) in [6.07, 6.45) is 1.96. The van der Waals surface area contributed by atoms with Gasteiger partial charge in [0.25, 0.3) is 0 Å². The highest BCUT2D eigenvalue weighted by molar-refractivity contribution is 7.07. The Morgan fingerprint density at radius 3 is 3.00 bits per heavy atom. The second kappa shape index (κ2) is 5.02. The number of aliphatic imine (C=N–C) groups is 1. The zero-order valence-electron chi connectivity index (χ0n) is 8.16. The van der Waals surface area contributed by atoms with E-state index in [1.807, 2.05) is 0 Å². The Bertz CT molecular complexity index is 264. The molecule has 0 spiro atoms. The van der Waals surface area contributed by atoms with Gasteiger partial charge in [-0.15, -0.1) is 0 Å². The van der Waals surface area contributed by atoms with Gasteiger partial charge in [0.1, 0.15) is 0 Å². The van der Waals surface area contributed by atoms with E-state index in [2.05, 4.69) is 35.7 Å². The summed E-state index contributed by atoms with van der Waals surface area (Å²) in [7, 11) is 0. The molecule has 0 saturated heterocycles. The predicted molar refractivity (Wildman–Crippen MR) is 59.3 cm³/mol. The SMILES string of the molecule is CCCC(N)=NC(C)c1ccsc1. The van der Waals surface area contributed by atoms with Crippen LogP contribution in [0.25, 0.3) is 0 Å². The summed E-state index contributed by atoms with van der Waals surface area (Å²) >= 11 is 1.70. The number of amidine groups is 1. The first kappa shape index (κ1) is 10.3. The summed E-state index contributed by atoms with van der Waals surface area (Å²) in [5.74, 6) is 0.765. The van der Waals surface area contributed by atoms with Crippen LogP contribution in [0.1, 0.15) is 38.3 Å². The van der Waals surface area contributed by atoms with Crippen molar-refractivity contribution < 1.29 is 0 Å². The summed E-state index contributed by atoms with van der Waals surface area (Å²) in [6, 6.07) is 2.30. The minimum atomic E-state index is 0.206. The molecule has 0 fully saturated rings. The smallest absolute Gasteiger partial charge is 0.0944 e. The van der Waals surface area contributed by atoms with Crippen molar-refractivity contribution >= 4 is 17.2 Å². The normalized spacial score (nSPS) is 14.5. The van der Waals surface area contributed by atoms with Crippen LogP contribution in [-0.2, 0) is 0 Å². The highest BCUT2D eigenvalue weighted by atomic mass is 32.1. The zero-order chi connectivity index (χ0) is 9.68. The molecule has 1 rings (SSSR count). The van der Waals surface area contributed by atoms with Gasteiger partial charge in [-0.05, 0) is 35.7 Å². The lowest BCUT2D eigenvalue weighted by atomic mass is 10.2. The van der Waals surface area contributed by atoms with Gasteiger partial charge in [-0.3, -0.25) is 4.99 Å². The van der Waals surface area contributed by atoms with Crippen molar-refractivity contribution in [3.63, 3.8) is 0 Å². The lowest BCUT2D eigenvalue weighted by molar-refractivity contribution is 0.810. The Kier molecular flexibility index (Phi) is 3.96. The average molecular weight is 196 g/mol. The molecular formula is C10H16N2S. The Hall–Kier alpha value is -0.830. The Morgan fingerprint density at radius 1 is 1.69 bits per heavy atom. The molecule has 1 atom stereocenters. The van der Waals surface area contributed by atoms with E-state index in [0.29, 0.717) is 0 Å². The monoisotopic (exact) mass is 196 g/mol. The fourth-order valence-corrected chi connectivity index (χ4v) is 1.90. The van der Waals surface area contributed by atoms with Gasteiger partial charge >= 0.3 is 0 Å². The Morgan fingerprint density at radius 2 is 2.46 bits per heavy atom. The fraction of sp³-hybridized carbons (Fsp3) is 0.500. The summed E-state index contributed by atoms with van der Waals surface area (Å²) < 4.78 is 0. The summed E-state index contributed by atoms with van der Waals surface area (Å²) in [5.41, 5.74) is 7.00. The van der Waals surface area contributed by atoms with Crippen molar-refractivity contribution in [2.75, 3.05) is 0 Å². The van der Waals surface area contributed by atoms with Crippen LogP contribution in [0.15, 0.2) is 21.8 Å². The first-order chi connectivity index (χ1) is 6.24. The minimum absolute atomic E-state index is 0.206. The maximum absolute atomic E-state index is 5.74. The maximum Gasteiger partial charge on any atom is 0.0944 e. The average Bonchev–Trinajstić information content (AvgIpc) is 2.55. The first-order valence-electron chi connectivity index (χ1n) is 4.58. The molecule has 2 nitrogen and oxygen atoms in total. The number of nitrogens with zero attached hydrogens (tertiary/aromatic N) is 1. The first-order valence-corrected chi connectivity index (χ1v) is 5.52. The Balaban J connectivity index is 2.59. The summed E-state index contributed by atoms with van der Waals surface area (Å²) in [4.78, 5) is 4.41. The van der Waals surface area contributed by atoms with E-state index in [9.17, 15) is 0 Å². The van der Waals surface area contributed by atoms with Gasteiger partial charge in [0.2, 0.25) is 0 Å². The molecule has 1 aromatic heterocycles. The topological polar surface area (TPSA) is 38.4 Å². The van der Waals surface area contributed by atoms with E-state index in [-0.39, 0.29) is 6.04 Å². The lowest BCUT2D eigenvalue weighted by Gasteiger charge is -2.05. The third-order valence-electron chi connectivity index (χ3n) is 1.89. The standard InChI is InChI=1S/C10H16N2S/c1-3-4-10(11)12-8(2)9-5-6-13-7-9/h5-8H,3-4H2,1-2H3,(H2,11,12). The molecule has 0 radical (unpaired) electrons. The van der Waals surface area contributed by atoms with E-state index >= 15 is 0 Å². The second-order valence-corrected chi connectivity index (χ2v) is 3.88. The summed E-state index contributed by atoms with van der Waals surface area (Å²) in [6.45, 7) is 4.18. The van der Waals surface area contributed by atoms with Crippen molar-refractivity contribution in [3.8, 4) is 0 Å². The molecule has 72 valence electrons. The van der Waals surface area contributed by atoms with Crippen molar-refractivity contribution in [1.82, 2.24) is 0 Å². The molecular weight excluding hydrogens is 180 g/mol. The van der Waals surface area contributed by atoms with E-state index < -0.39 is 0 Å². The van der Waals surface area contributed by atoms with Gasteiger partial charge in [-0.2, -0.15) is 11.3 Å². The van der Waals surface area contributed by atoms with Crippen molar-refractivity contribution in [3.05, 3.63) is 22.4 Å². The van der Waals surface area contributed by atoms with E-state index in [4.69, 9.17) is 5.73 Å². The number of hydrogen-bond donors (Lipinski definition) is 1. The van der Waals surface area contributed by atoms with Crippen molar-refractivity contribution in [2.45, 2.75) is 32.7 Å². The third-order valence-corrected chi connectivity index (χ3v) is 2.59. The summed E-state index contributed by atoms with van der Waals surface area (Å²) in [5, 5.41) is 4.19. The maximum atomic E-state index is 5.74. The van der Waals surface area contributed by atoms with Gasteiger partial charge in [0, 0.05) is 6.42 Å². The highest BCUT2D eigenvalue weighted by Gasteiger charge is 2.03. The zero-order valence-corrected chi connectivity index (χ0v) is 8.97. The minimum Gasteiger partial charge on any atom is -0.387 e. The molecule has 2 N–H and O–H groups in total. The molecule has 0 aliphatic heterocycles. The second-order valence-electron chi connectivity index (χ2n) is 3.10. The molecule has 1 aromatic rings. The van der Waals surface area contributed by atoms with E-state index in [1.54, 1.807) is 11.3 Å². The molecule has 0 amide bonds. The van der Waals surface area contributed by atoms with Crippen molar-refractivity contribution in [1.29, 1.82) is 0 Å². The number of hydrogen-bond acceptors (Lipinski definition) is 2. The quantitative estimate of drug-likeness (QED) is 0.583. The molecule has 0 bridgehead atoms. The largest absolute Gasteiger partial charge is 0.387 e. The molecule has 0 aliphatic carbocycles. The van der Waals surface area contributed by atoms with Crippen LogP contribution in [0.2, 0.25) is 0 Å². The van der Waals surface area contributed by atoms with Crippen LogP contribution in [0.4, 0.5) is 0 Å². The van der Waals surface area contributed by atoms with Crippen LogP contribution in [0.5, 0.6) is 0 Å². The van der Waals surface area contributed by atoms with Crippen molar-refractivity contribution in [2.24, 2.45) is 10.7 Å². The van der Waals surface area contributed by atoms with Gasteiger partial charge < -0.3 is 5.73 Å². The number of thiophene rings is 1. The van der Waals surface area contributed by atoms with Gasteiger partial charge in [-0.1, -0.05) is 6.92 Å². The number of rotatable bonds is 4. The molecule has 0 saturated carbocycles. The van der Waals surface area contributed by atoms with Crippen LogP contribution in [0.3, 0.4) is 0 Å². The molecule has 13 heavy (non-hydrogen) atoms. The molecule has 0 aliphatic rings. The number of nitrogens with two attached hydrogens (primary N) is 1. The highest BCUT2D eigenvalue weighted by Crippen LogP contribution is 2.19. The third kappa shape index (κ3) is 3.19. The van der Waals surface area contributed by atoms with Crippen LogP contribution in [0, 0.1) is 0 Å². The van der Waals surface area contributed by atoms with Crippen LogP contribution >= 0.6 is 11.3 Å². The van der Waals surface area contributed by atoms with Gasteiger partial charge in [0.05, 0.1) is 11.9 Å².